The number of aliphatic hydroxyl groups excluding tert-OH is 2. The van der Waals surface area contributed by atoms with Gasteiger partial charge in [0.25, 0.3) is 60.7 Å². The smallest absolute Gasteiger partial charge is 0.295 e. The predicted molar refractivity (Wildman–Crippen MR) is 267 cm³/mol. The second kappa shape index (κ2) is 25.3. The van der Waals surface area contributed by atoms with Gasteiger partial charge in [-0.05, 0) is 47.2 Å². The molecular formula is C36H52N12O20S6. The van der Waals surface area contributed by atoms with Crippen LogP contribution in [-0.4, -0.2) is 193 Å². The van der Waals surface area contributed by atoms with E-state index in [9.17, 15) is 88.0 Å². The molecule has 0 aliphatic carbocycles. The number of benzene rings is 2. The lowest BCUT2D eigenvalue weighted by atomic mass is 10.1. The molecule has 38 heteroatoms. The summed E-state index contributed by atoms with van der Waals surface area (Å²) in [5.74, 6) is -6.38. The summed E-state index contributed by atoms with van der Waals surface area (Å²) in [4.78, 5) is 25.9. The van der Waals surface area contributed by atoms with Crippen LogP contribution in [0.3, 0.4) is 0 Å². The standard InChI is InChI=1S/C36H52N12O20S6/c1-23(21-49)19-47(11-15-71(57,58)59)35-43-31(37-9-13-69(51,52)53)41-33(45-35)39-27-7-5-25(29(17-27)73(63,64)65)3-4-26-6-8-28(18-30(26)74(66,67)68)40-34-42-32(38-10-14-70(54,55)56)44-36(46-34)48(20-24(2)22-50)12-16-72(60,61)62/h3-8,17-18,23-24,49-50H,9-16,19-22H2,1-2H3,(H,51,52,53)(H,54,55,56)(H,57,58,59)(H,60,61,62)(H,63,64,65)(H,66,67,68)(H2,37,39,41,43,45)(H2,38,40,42,44,46). The first-order valence-corrected chi connectivity index (χ1v) is 30.4. The first kappa shape index (κ1) is 60.9. The van der Waals surface area contributed by atoms with Gasteiger partial charge in [0.1, 0.15) is 9.79 Å². The first-order chi connectivity index (χ1) is 34.1. The lowest BCUT2D eigenvalue weighted by molar-refractivity contribution is 0.239. The fourth-order valence-electron chi connectivity index (χ4n) is 6.11. The molecule has 74 heavy (non-hydrogen) atoms. The van der Waals surface area contributed by atoms with Gasteiger partial charge in [0.2, 0.25) is 35.7 Å². The molecule has 2 aromatic carbocycles. The van der Waals surface area contributed by atoms with Gasteiger partial charge in [-0.15, -0.1) is 0 Å². The number of hydrogen-bond donors (Lipinski definition) is 12. The molecule has 32 nitrogen and oxygen atoms in total. The summed E-state index contributed by atoms with van der Waals surface area (Å²) < 4.78 is 201. The van der Waals surface area contributed by atoms with E-state index in [4.69, 9.17) is 0 Å². The Morgan fingerprint density at radius 3 is 1.11 bits per heavy atom. The highest BCUT2D eigenvalue weighted by atomic mass is 32.2. The zero-order valence-corrected chi connectivity index (χ0v) is 43.7. The molecule has 0 aliphatic heterocycles. The predicted octanol–water partition coefficient (Wildman–Crippen LogP) is -0.548. The van der Waals surface area contributed by atoms with E-state index in [1.165, 1.54) is 21.9 Å². The molecule has 4 rings (SSSR count). The van der Waals surface area contributed by atoms with Crippen molar-refractivity contribution < 1.29 is 88.0 Å². The van der Waals surface area contributed by atoms with Crippen molar-refractivity contribution >= 4 is 120 Å². The SMILES string of the molecule is CC(CO)CN(CCS(=O)(=O)O)c1nc(NCCS(=O)(=O)O)nc(Nc2ccc(C=Cc3ccc(Nc4nc(NCCS(=O)(=O)O)nc(N(CCS(=O)(=O)O)CC(C)CO)n4)cc3S(=O)(=O)O)c(S(=O)(=O)O)c2)n1. The monoisotopic (exact) mass is 1160 g/mol. The van der Waals surface area contributed by atoms with Crippen LogP contribution >= 0.6 is 0 Å². The molecule has 0 aliphatic rings. The molecule has 0 saturated carbocycles. The Balaban J connectivity index is 1.75. The molecule has 0 saturated heterocycles. The van der Waals surface area contributed by atoms with E-state index in [-0.39, 0.29) is 72.6 Å². The maximum Gasteiger partial charge on any atom is 0.295 e. The molecule has 2 unspecified atom stereocenters. The lowest BCUT2D eigenvalue weighted by Crippen LogP contribution is -2.35. The molecule has 2 heterocycles. The summed E-state index contributed by atoms with van der Waals surface area (Å²) in [6.45, 7) is 0.449. The molecule has 0 radical (unpaired) electrons. The normalized spacial score (nSPS) is 13.6. The zero-order valence-electron chi connectivity index (χ0n) is 38.8. The number of rotatable bonds is 30. The Morgan fingerprint density at radius 1 is 0.486 bits per heavy atom. The van der Waals surface area contributed by atoms with Crippen LogP contribution in [0.15, 0.2) is 46.2 Å². The van der Waals surface area contributed by atoms with Crippen LogP contribution in [0, 0.1) is 11.8 Å². The summed E-state index contributed by atoms with van der Waals surface area (Å²) in [6, 6.07) is 6.56. The number of aromatic nitrogens is 6. The second-order valence-electron chi connectivity index (χ2n) is 16.1. The van der Waals surface area contributed by atoms with Gasteiger partial charge in [-0.3, -0.25) is 27.3 Å². The average molecular weight is 1170 g/mol. The van der Waals surface area contributed by atoms with Crippen molar-refractivity contribution in [2.45, 2.75) is 23.6 Å². The highest BCUT2D eigenvalue weighted by Crippen LogP contribution is 2.29. The second-order valence-corrected chi connectivity index (χ2v) is 25.1. The fourth-order valence-corrected chi connectivity index (χ4v) is 9.16. The van der Waals surface area contributed by atoms with Crippen LogP contribution in [0.2, 0.25) is 0 Å². The van der Waals surface area contributed by atoms with E-state index >= 15 is 0 Å². The van der Waals surface area contributed by atoms with E-state index in [1.807, 2.05) is 0 Å². The minimum absolute atomic E-state index is 0.0932. The van der Waals surface area contributed by atoms with Crippen molar-refractivity contribution in [3.63, 3.8) is 0 Å². The maximum atomic E-state index is 12.8. The summed E-state index contributed by atoms with van der Waals surface area (Å²) in [6.07, 6.45) is 2.10. The number of aliphatic hydroxyl groups is 2. The maximum absolute atomic E-state index is 12.8. The summed E-state index contributed by atoms with van der Waals surface area (Å²) >= 11 is 0. The van der Waals surface area contributed by atoms with Gasteiger partial charge >= 0.3 is 0 Å². The van der Waals surface area contributed by atoms with Crippen molar-refractivity contribution in [1.82, 2.24) is 29.9 Å². The van der Waals surface area contributed by atoms with E-state index in [0.29, 0.717) is 0 Å². The third-order valence-corrected chi connectivity index (χ3v) is 14.2. The molecule has 412 valence electrons. The fraction of sp³-hybridized carbons (Fsp3) is 0.444. The van der Waals surface area contributed by atoms with Gasteiger partial charge in [-0.1, -0.05) is 38.1 Å². The van der Waals surface area contributed by atoms with Gasteiger partial charge < -0.3 is 41.3 Å². The lowest BCUT2D eigenvalue weighted by Gasteiger charge is -2.25. The summed E-state index contributed by atoms with van der Waals surface area (Å²) in [5.41, 5.74) is -0.803. The van der Waals surface area contributed by atoms with E-state index in [0.717, 1.165) is 36.4 Å². The van der Waals surface area contributed by atoms with Gasteiger partial charge in [0.15, 0.2) is 0 Å². The quantitative estimate of drug-likeness (QED) is 0.0230. The topological polar surface area (TPSA) is 499 Å². The molecule has 4 aromatic rings. The number of nitrogens with zero attached hydrogens (tertiary/aromatic N) is 8. The molecular weight excluding hydrogens is 1110 g/mol. The minimum Gasteiger partial charge on any atom is -0.396 e. The first-order valence-electron chi connectivity index (χ1n) is 21.1. The third kappa shape index (κ3) is 21.3. The highest BCUT2D eigenvalue weighted by Gasteiger charge is 2.24. The average Bonchev–Trinajstić information content (AvgIpc) is 3.26. The molecule has 0 fully saturated rings. The van der Waals surface area contributed by atoms with Gasteiger partial charge in [-0.2, -0.15) is 80.4 Å². The Labute approximate surface area is 425 Å². The van der Waals surface area contributed by atoms with Crippen LogP contribution in [0.25, 0.3) is 12.2 Å². The van der Waals surface area contributed by atoms with Crippen molar-refractivity contribution in [2.24, 2.45) is 11.8 Å². The van der Waals surface area contributed by atoms with Gasteiger partial charge in [0.05, 0.1) is 23.0 Å². The zero-order chi connectivity index (χ0) is 55.5. The van der Waals surface area contributed by atoms with Gasteiger partial charge in [-0.25, -0.2) is 0 Å². The third-order valence-electron chi connectivity index (χ3n) is 9.56. The Morgan fingerprint density at radius 2 is 0.811 bits per heavy atom. The van der Waals surface area contributed by atoms with Crippen molar-refractivity contribution in [3.05, 3.63) is 47.5 Å². The van der Waals surface area contributed by atoms with Crippen molar-refractivity contribution in [3.8, 4) is 0 Å². The van der Waals surface area contributed by atoms with Crippen molar-refractivity contribution in [2.75, 3.05) is 107 Å². The molecule has 0 bridgehead atoms. The number of hydrogen-bond acceptors (Lipinski definition) is 26. The Kier molecular flexibility index (Phi) is 20.8. The van der Waals surface area contributed by atoms with Crippen LogP contribution in [0.4, 0.5) is 47.1 Å². The van der Waals surface area contributed by atoms with Crippen LogP contribution in [-0.2, 0) is 60.7 Å². The van der Waals surface area contributed by atoms with Crippen LogP contribution in [0.5, 0.6) is 0 Å². The minimum atomic E-state index is -5.12. The van der Waals surface area contributed by atoms with Crippen molar-refractivity contribution in [1.29, 1.82) is 0 Å². The number of nitrogens with one attached hydrogen (secondary N) is 4. The van der Waals surface area contributed by atoms with Crippen LogP contribution in [0.1, 0.15) is 25.0 Å². The molecule has 0 amide bonds. The van der Waals surface area contributed by atoms with E-state index < -0.39 is 143 Å². The largest absolute Gasteiger partial charge is 0.396 e. The highest BCUT2D eigenvalue weighted by molar-refractivity contribution is 7.87. The van der Waals surface area contributed by atoms with Gasteiger partial charge in [0, 0.05) is 63.9 Å². The molecule has 2 aromatic heterocycles. The number of anilines is 8. The molecule has 12 N–H and O–H groups in total. The molecule has 0 spiro atoms. The Bertz CT molecular complexity index is 3140. The summed E-state index contributed by atoms with van der Waals surface area (Å²) in [7, 11) is -28.3. The summed E-state index contributed by atoms with van der Waals surface area (Å²) in [5, 5.41) is 29.8. The molecule has 2 atom stereocenters. The van der Waals surface area contributed by atoms with Crippen LogP contribution < -0.4 is 31.1 Å². The Hall–Kier alpha value is -5.62. The van der Waals surface area contributed by atoms with E-state index in [2.05, 4.69) is 51.2 Å². The van der Waals surface area contributed by atoms with E-state index in [1.54, 1.807) is 13.8 Å².